The van der Waals surface area contributed by atoms with Crippen LogP contribution in [0.5, 0.6) is 0 Å². The number of rotatable bonds is 5. The van der Waals surface area contributed by atoms with Crippen LogP contribution in [0.1, 0.15) is 26.3 Å². The van der Waals surface area contributed by atoms with Crippen molar-refractivity contribution in [2.24, 2.45) is 0 Å². The first kappa shape index (κ1) is 15.0. The van der Waals surface area contributed by atoms with Crippen LogP contribution in [0.25, 0.3) is 11.0 Å². The maximum Gasteiger partial charge on any atom is 0.140 e. The third-order valence-corrected chi connectivity index (χ3v) is 3.14. The van der Waals surface area contributed by atoms with Crippen LogP contribution in [-0.4, -0.2) is 38.0 Å². The summed E-state index contributed by atoms with van der Waals surface area (Å²) in [5.41, 5.74) is 2.03. The van der Waals surface area contributed by atoms with Gasteiger partial charge in [-0.05, 0) is 38.5 Å². The number of pyridine rings is 1. The molecule has 0 fully saturated rings. The van der Waals surface area contributed by atoms with Gasteiger partial charge in [0.15, 0.2) is 0 Å². The monoisotopic (exact) mass is 277 g/mol. The number of aliphatic hydroxyl groups excluding tert-OH is 2. The zero-order chi connectivity index (χ0) is 14.8. The Hall–Kier alpha value is -1.43. The molecule has 3 N–H and O–H groups in total. The highest BCUT2D eigenvalue weighted by Gasteiger charge is 2.14. The Labute approximate surface area is 119 Å². The molecule has 2 heterocycles. The summed E-state index contributed by atoms with van der Waals surface area (Å²) in [6.45, 7) is 7.22. The highest BCUT2D eigenvalue weighted by atomic mass is 16.3. The fraction of sp³-hybridized carbons (Fsp3) is 0.533. The molecule has 0 aliphatic rings. The normalized spacial score (nSPS) is 13.8. The van der Waals surface area contributed by atoms with Crippen molar-refractivity contribution in [3.63, 3.8) is 0 Å². The van der Waals surface area contributed by atoms with Gasteiger partial charge in [0.1, 0.15) is 5.65 Å². The quantitative estimate of drug-likeness (QED) is 0.770. The molecule has 0 spiro atoms. The van der Waals surface area contributed by atoms with Crippen molar-refractivity contribution in [3.8, 4) is 0 Å². The standard InChI is InChI=1S/C15H23N3O2/c1-15(2,3)17-7-11-8-18(9-12(20)10-19)14-13(11)5-4-6-16-14/h4-6,8,12,17,19-20H,7,9-10H2,1-3H3. The molecule has 5 nitrogen and oxygen atoms in total. The Morgan fingerprint density at radius 2 is 2.15 bits per heavy atom. The Morgan fingerprint density at radius 1 is 1.40 bits per heavy atom. The molecule has 0 radical (unpaired) electrons. The minimum absolute atomic E-state index is 0.0429. The summed E-state index contributed by atoms with van der Waals surface area (Å²) in [6.07, 6.45) is 2.97. The number of hydrogen-bond donors (Lipinski definition) is 3. The average molecular weight is 277 g/mol. The number of aromatic nitrogens is 2. The molecule has 20 heavy (non-hydrogen) atoms. The van der Waals surface area contributed by atoms with E-state index in [4.69, 9.17) is 5.11 Å². The van der Waals surface area contributed by atoms with Crippen molar-refractivity contribution >= 4 is 11.0 Å². The van der Waals surface area contributed by atoms with Gasteiger partial charge in [0, 0.05) is 29.9 Å². The van der Waals surface area contributed by atoms with E-state index < -0.39 is 6.10 Å². The van der Waals surface area contributed by atoms with E-state index >= 15 is 0 Å². The predicted octanol–water partition coefficient (Wildman–Crippen LogP) is 1.28. The van der Waals surface area contributed by atoms with Crippen LogP contribution in [-0.2, 0) is 13.1 Å². The van der Waals surface area contributed by atoms with Crippen LogP contribution in [0.15, 0.2) is 24.5 Å². The van der Waals surface area contributed by atoms with Gasteiger partial charge < -0.3 is 20.1 Å². The van der Waals surface area contributed by atoms with Crippen molar-refractivity contribution in [2.75, 3.05) is 6.61 Å². The van der Waals surface area contributed by atoms with Crippen molar-refractivity contribution in [1.29, 1.82) is 0 Å². The van der Waals surface area contributed by atoms with Crippen LogP contribution in [0, 0.1) is 0 Å². The fourth-order valence-corrected chi connectivity index (χ4v) is 2.12. The fourth-order valence-electron chi connectivity index (χ4n) is 2.12. The second kappa shape index (κ2) is 5.91. The van der Waals surface area contributed by atoms with Gasteiger partial charge in [-0.3, -0.25) is 0 Å². The van der Waals surface area contributed by atoms with Gasteiger partial charge in [0.25, 0.3) is 0 Å². The lowest BCUT2D eigenvalue weighted by Crippen LogP contribution is -2.35. The summed E-state index contributed by atoms with van der Waals surface area (Å²) >= 11 is 0. The minimum Gasteiger partial charge on any atom is -0.394 e. The van der Waals surface area contributed by atoms with Gasteiger partial charge in [0.05, 0.1) is 19.3 Å². The van der Waals surface area contributed by atoms with E-state index in [-0.39, 0.29) is 12.1 Å². The molecule has 5 heteroatoms. The first-order chi connectivity index (χ1) is 9.40. The molecule has 0 saturated carbocycles. The molecule has 0 bridgehead atoms. The lowest BCUT2D eigenvalue weighted by Gasteiger charge is -2.20. The lowest BCUT2D eigenvalue weighted by molar-refractivity contribution is 0.0821. The molecule has 110 valence electrons. The topological polar surface area (TPSA) is 70.3 Å². The molecule has 1 unspecified atom stereocenters. The molecule has 2 rings (SSSR count). The van der Waals surface area contributed by atoms with Crippen LogP contribution in [0.3, 0.4) is 0 Å². The maximum absolute atomic E-state index is 9.63. The van der Waals surface area contributed by atoms with E-state index in [1.165, 1.54) is 0 Å². The molecule has 0 aromatic carbocycles. The molecule has 1 atom stereocenters. The van der Waals surface area contributed by atoms with Crippen LogP contribution in [0.2, 0.25) is 0 Å². The second-order valence-corrected chi connectivity index (χ2v) is 6.12. The SMILES string of the molecule is CC(C)(C)NCc1cn(CC(O)CO)c2ncccc12. The first-order valence-electron chi connectivity index (χ1n) is 6.87. The third kappa shape index (κ3) is 3.56. The summed E-state index contributed by atoms with van der Waals surface area (Å²) in [5.74, 6) is 0. The molecule has 0 aliphatic heterocycles. The van der Waals surface area contributed by atoms with Crippen molar-refractivity contribution < 1.29 is 10.2 Å². The van der Waals surface area contributed by atoms with Gasteiger partial charge >= 0.3 is 0 Å². The van der Waals surface area contributed by atoms with Crippen LogP contribution < -0.4 is 5.32 Å². The van der Waals surface area contributed by atoms with Gasteiger partial charge in [-0.1, -0.05) is 0 Å². The summed E-state index contributed by atoms with van der Waals surface area (Å²) < 4.78 is 1.90. The van der Waals surface area contributed by atoms with Gasteiger partial charge in [0.2, 0.25) is 0 Å². The number of nitrogens with one attached hydrogen (secondary N) is 1. The minimum atomic E-state index is -0.768. The number of nitrogens with zero attached hydrogens (tertiary/aromatic N) is 2. The Kier molecular flexibility index (Phi) is 4.42. The van der Waals surface area contributed by atoms with Crippen molar-refractivity contribution in [2.45, 2.75) is 45.5 Å². The number of fused-ring (bicyclic) bond motifs is 1. The maximum atomic E-state index is 9.63. The Morgan fingerprint density at radius 3 is 2.80 bits per heavy atom. The van der Waals surface area contributed by atoms with Crippen molar-refractivity contribution in [3.05, 3.63) is 30.1 Å². The van der Waals surface area contributed by atoms with Crippen LogP contribution in [0.4, 0.5) is 0 Å². The Balaban J connectivity index is 2.30. The summed E-state index contributed by atoms with van der Waals surface area (Å²) in [5, 5.41) is 23.2. The molecule has 0 aliphatic carbocycles. The van der Waals surface area contributed by atoms with E-state index in [0.717, 1.165) is 23.1 Å². The molecule has 2 aromatic heterocycles. The average Bonchev–Trinajstić information content (AvgIpc) is 2.74. The van der Waals surface area contributed by atoms with E-state index in [0.29, 0.717) is 6.54 Å². The van der Waals surface area contributed by atoms with Crippen LogP contribution >= 0.6 is 0 Å². The molecule has 0 amide bonds. The van der Waals surface area contributed by atoms with Gasteiger partial charge in [-0.2, -0.15) is 0 Å². The number of hydrogen-bond acceptors (Lipinski definition) is 4. The third-order valence-electron chi connectivity index (χ3n) is 3.14. The van der Waals surface area contributed by atoms with Gasteiger partial charge in [-0.15, -0.1) is 0 Å². The van der Waals surface area contributed by atoms with E-state index in [1.807, 2.05) is 22.9 Å². The first-order valence-corrected chi connectivity index (χ1v) is 6.87. The summed E-state index contributed by atoms with van der Waals surface area (Å²) in [6, 6.07) is 3.94. The van der Waals surface area contributed by atoms with E-state index in [2.05, 4.69) is 31.1 Å². The predicted molar refractivity (Wildman–Crippen MR) is 79.4 cm³/mol. The molecular weight excluding hydrogens is 254 g/mol. The van der Waals surface area contributed by atoms with E-state index in [9.17, 15) is 5.11 Å². The summed E-state index contributed by atoms with van der Waals surface area (Å²) in [4.78, 5) is 4.38. The second-order valence-electron chi connectivity index (χ2n) is 6.12. The van der Waals surface area contributed by atoms with Gasteiger partial charge in [-0.25, -0.2) is 4.98 Å². The zero-order valence-electron chi connectivity index (χ0n) is 12.3. The highest BCUT2D eigenvalue weighted by Crippen LogP contribution is 2.20. The smallest absolute Gasteiger partial charge is 0.140 e. The van der Waals surface area contributed by atoms with Crippen molar-refractivity contribution in [1.82, 2.24) is 14.9 Å². The van der Waals surface area contributed by atoms with E-state index in [1.54, 1.807) is 6.20 Å². The molecule has 0 saturated heterocycles. The molecular formula is C15H23N3O2. The molecule has 2 aromatic rings. The zero-order valence-corrected chi connectivity index (χ0v) is 12.3. The largest absolute Gasteiger partial charge is 0.394 e. The lowest BCUT2D eigenvalue weighted by atomic mass is 10.1. The Bertz CT molecular complexity index is 572. The number of aliphatic hydroxyl groups is 2. The summed E-state index contributed by atoms with van der Waals surface area (Å²) in [7, 11) is 0. The highest BCUT2D eigenvalue weighted by molar-refractivity contribution is 5.80.